The fraction of sp³-hybridized carbons (Fsp3) is 0.533. The number of hydrogen-bond acceptors (Lipinski definition) is 4. The molecule has 2 aromatic heterocycles. The molecule has 0 aliphatic heterocycles. The monoisotopic (exact) mass is 552 g/mol. The van der Waals surface area contributed by atoms with Gasteiger partial charge in [-0.05, 0) is 85.6 Å². The van der Waals surface area contributed by atoms with Crippen LogP contribution in [0.4, 0.5) is 4.39 Å². The van der Waals surface area contributed by atoms with Gasteiger partial charge >= 0.3 is 0 Å². The van der Waals surface area contributed by atoms with Crippen molar-refractivity contribution in [1.82, 2.24) is 19.6 Å². The molecule has 5 rings (SSSR count). The number of thioether (sulfide) groups is 1. The summed E-state index contributed by atoms with van der Waals surface area (Å²) in [4.78, 5) is 1.24. The lowest BCUT2D eigenvalue weighted by Gasteiger charge is -2.48. The number of halogens is 1. The Morgan fingerprint density at radius 2 is 1.92 bits per heavy atom. The summed E-state index contributed by atoms with van der Waals surface area (Å²) < 4.78 is 24.4. The molecule has 1 unspecified atom stereocenters. The molecular formula is C30H41FN4OSSi. The zero-order chi connectivity index (χ0) is 27.3. The average Bonchev–Trinajstić information content (AvgIpc) is 3.46. The maximum atomic E-state index is 13.6. The lowest BCUT2D eigenvalue weighted by atomic mass is 9.61. The number of rotatable bonds is 7. The lowest BCUT2D eigenvalue weighted by Crippen LogP contribution is -2.47. The molecule has 8 heteroatoms. The standard InChI is InChI=1S/C30H41FN4OSSi/c1-21(37-27-18-32-34(5)19-27)22-8-9-24-14-28-23(17-33-35(28)26-12-10-25(31)11-13-26)16-30(24,15-22)20-36-38(6,7)29(2,3)4/h10-14,17-19,21-22H,8-9,15-16,20H2,1-7H3/t21?,22-,30-/m0/s1. The molecule has 3 aromatic rings. The third-order valence-corrected chi connectivity index (χ3v) is 14.8. The van der Waals surface area contributed by atoms with E-state index in [1.54, 1.807) is 12.1 Å². The lowest BCUT2D eigenvalue weighted by molar-refractivity contribution is 0.109. The summed E-state index contributed by atoms with van der Waals surface area (Å²) in [5.74, 6) is 0.362. The Balaban J connectivity index is 1.46. The Hall–Kier alpha value is -2.16. The molecule has 1 aromatic carbocycles. The van der Waals surface area contributed by atoms with E-state index in [1.807, 2.05) is 40.6 Å². The second kappa shape index (κ2) is 10.1. The summed E-state index contributed by atoms with van der Waals surface area (Å²) in [6.45, 7) is 14.8. The van der Waals surface area contributed by atoms with E-state index >= 15 is 0 Å². The molecule has 0 amide bonds. The molecule has 1 saturated carbocycles. The molecule has 0 spiro atoms. The molecule has 0 saturated heterocycles. The largest absolute Gasteiger partial charge is 0.416 e. The van der Waals surface area contributed by atoms with E-state index < -0.39 is 8.32 Å². The Morgan fingerprint density at radius 3 is 2.58 bits per heavy atom. The van der Waals surface area contributed by atoms with Gasteiger partial charge in [-0.15, -0.1) is 11.8 Å². The van der Waals surface area contributed by atoms with Gasteiger partial charge in [0, 0.05) is 35.4 Å². The molecular weight excluding hydrogens is 512 g/mol. The fourth-order valence-corrected chi connectivity index (χ4v) is 7.91. The molecule has 2 heterocycles. The fourth-order valence-electron chi connectivity index (χ4n) is 5.66. The predicted molar refractivity (Wildman–Crippen MR) is 157 cm³/mol. The van der Waals surface area contributed by atoms with Gasteiger partial charge < -0.3 is 4.43 Å². The molecule has 2 aliphatic rings. The molecule has 0 bridgehead atoms. The van der Waals surface area contributed by atoms with Crippen molar-refractivity contribution in [3.8, 4) is 5.69 Å². The van der Waals surface area contributed by atoms with Crippen molar-refractivity contribution in [2.24, 2.45) is 18.4 Å². The van der Waals surface area contributed by atoms with Crippen LogP contribution in [-0.2, 0) is 17.9 Å². The van der Waals surface area contributed by atoms with Crippen LogP contribution in [0.15, 0.2) is 53.3 Å². The highest BCUT2D eigenvalue weighted by Gasteiger charge is 2.47. The minimum Gasteiger partial charge on any atom is -0.416 e. The summed E-state index contributed by atoms with van der Waals surface area (Å²) in [6, 6.07) is 6.61. The van der Waals surface area contributed by atoms with E-state index in [2.05, 4.69) is 58.2 Å². The van der Waals surface area contributed by atoms with Crippen LogP contribution in [0, 0.1) is 17.2 Å². The summed E-state index contributed by atoms with van der Waals surface area (Å²) >= 11 is 1.94. The van der Waals surface area contributed by atoms with Gasteiger partial charge in [0.1, 0.15) is 5.82 Å². The van der Waals surface area contributed by atoms with Crippen LogP contribution in [0.5, 0.6) is 0 Å². The molecule has 2 aliphatic carbocycles. The summed E-state index contributed by atoms with van der Waals surface area (Å²) in [6.07, 6.45) is 12.8. The van der Waals surface area contributed by atoms with Crippen LogP contribution in [0.25, 0.3) is 11.8 Å². The topological polar surface area (TPSA) is 44.9 Å². The molecule has 1 fully saturated rings. The Bertz CT molecular complexity index is 1320. The van der Waals surface area contributed by atoms with E-state index in [0.29, 0.717) is 11.2 Å². The highest BCUT2D eigenvalue weighted by molar-refractivity contribution is 8.00. The first-order valence-electron chi connectivity index (χ1n) is 13.7. The van der Waals surface area contributed by atoms with E-state index in [-0.39, 0.29) is 16.3 Å². The van der Waals surface area contributed by atoms with E-state index in [1.165, 1.54) is 34.6 Å². The number of aryl methyl sites for hydroxylation is 1. The third-order valence-electron chi connectivity index (χ3n) is 9.10. The van der Waals surface area contributed by atoms with Crippen LogP contribution >= 0.6 is 11.8 Å². The summed E-state index contributed by atoms with van der Waals surface area (Å²) in [5, 5.41) is 9.78. The van der Waals surface area contributed by atoms with Crippen LogP contribution in [0.3, 0.4) is 0 Å². The number of hydrogen-bond donors (Lipinski definition) is 0. The van der Waals surface area contributed by atoms with Crippen molar-refractivity contribution in [2.75, 3.05) is 6.61 Å². The van der Waals surface area contributed by atoms with Crippen molar-refractivity contribution >= 4 is 26.2 Å². The smallest absolute Gasteiger partial charge is 0.192 e. The molecule has 3 atom stereocenters. The first kappa shape index (κ1) is 27.4. The quantitative estimate of drug-likeness (QED) is 0.223. The molecule has 204 valence electrons. The second-order valence-corrected chi connectivity index (χ2v) is 19.1. The van der Waals surface area contributed by atoms with Crippen molar-refractivity contribution in [3.63, 3.8) is 0 Å². The number of aromatic nitrogens is 4. The van der Waals surface area contributed by atoms with Gasteiger partial charge in [0.25, 0.3) is 0 Å². The normalized spacial score (nSPS) is 22.5. The summed E-state index contributed by atoms with van der Waals surface area (Å²) in [7, 11) is 0.0555. The van der Waals surface area contributed by atoms with E-state index in [0.717, 1.165) is 37.3 Å². The molecule has 5 nitrogen and oxygen atoms in total. The third kappa shape index (κ3) is 5.32. The maximum Gasteiger partial charge on any atom is 0.192 e. The van der Waals surface area contributed by atoms with Gasteiger partial charge in [-0.3, -0.25) is 4.68 Å². The molecule has 0 radical (unpaired) electrons. The van der Waals surface area contributed by atoms with Crippen LogP contribution < -0.4 is 0 Å². The Labute approximate surface area is 232 Å². The van der Waals surface area contributed by atoms with Crippen molar-refractivity contribution in [1.29, 1.82) is 0 Å². The highest BCUT2D eigenvalue weighted by atomic mass is 32.2. The average molecular weight is 553 g/mol. The second-order valence-electron chi connectivity index (χ2n) is 12.8. The zero-order valence-electron chi connectivity index (χ0n) is 23.8. The van der Waals surface area contributed by atoms with Gasteiger partial charge in [-0.1, -0.05) is 33.3 Å². The summed E-state index contributed by atoms with van der Waals surface area (Å²) in [5.41, 5.74) is 4.74. The molecule has 0 N–H and O–H groups in total. The van der Waals surface area contributed by atoms with E-state index in [9.17, 15) is 4.39 Å². The van der Waals surface area contributed by atoms with Crippen molar-refractivity contribution < 1.29 is 8.82 Å². The Kier molecular flexibility index (Phi) is 7.29. The zero-order valence-corrected chi connectivity index (χ0v) is 25.6. The minimum atomic E-state index is -1.92. The van der Waals surface area contributed by atoms with Gasteiger partial charge in [0.05, 0.1) is 23.8 Å². The predicted octanol–water partition coefficient (Wildman–Crippen LogP) is 7.67. The van der Waals surface area contributed by atoms with Crippen LogP contribution in [-0.4, -0.2) is 39.7 Å². The molecule has 38 heavy (non-hydrogen) atoms. The minimum absolute atomic E-state index is 0.0220. The SMILES string of the molecule is CC(Sc1cnn(C)c1)[C@H]1CCC2=Cc3c(cnn3-c3ccc(F)cc3)C[C@]2(CO[Si](C)(C)C(C)(C)C)C1. The van der Waals surface area contributed by atoms with Gasteiger partial charge in [-0.2, -0.15) is 10.2 Å². The highest BCUT2D eigenvalue weighted by Crippen LogP contribution is 2.53. The van der Waals surface area contributed by atoms with Gasteiger partial charge in [-0.25, -0.2) is 9.07 Å². The number of nitrogens with zero attached hydrogens (tertiary/aromatic N) is 4. The first-order valence-corrected chi connectivity index (χ1v) is 17.5. The van der Waals surface area contributed by atoms with Crippen molar-refractivity contribution in [2.45, 2.75) is 81.7 Å². The van der Waals surface area contributed by atoms with Crippen molar-refractivity contribution in [3.05, 3.63) is 65.5 Å². The van der Waals surface area contributed by atoms with Crippen LogP contribution in [0.1, 0.15) is 58.2 Å². The van der Waals surface area contributed by atoms with Gasteiger partial charge in [0.15, 0.2) is 8.32 Å². The van der Waals surface area contributed by atoms with Gasteiger partial charge in [0.2, 0.25) is 0 Å². The number of benzene rings is 1. The first-order chi connectivity index (χ1) is 17.9. The van der Waals surface area contributed by atoms with Crippen LogP contribution in [0.2, 0.25) is 18.1 Å². The maximum absolute atomic E-state index is 13.6. The Morgan fingerprint density at radius 1 is 1.18 bits per heavy atom. The number of fused-ring (bicyclic) bond motifs is 2. The van der Waals surface area contributed by atoms with E-state index in [4.69, 9.17) is 9.52 Å².